The van der Waals surface area contributed by atoms with Crippen LogP contribution < -0.4 is 5.14 Å². The second-order valence-corrected chi connectivity index (χ2v) is 8.90. The van der Waals surface area contributed by atoms with E-state index >= 15 is 0 Å². The van der Waals surface area contributed by atoms with Gasteiger partial charge in [-0.25, -0.2) is 13.6 Å². The minimum absolute atomic E-state index is 0.00647. The summed E-state index contributed by atoms with van der Waals surface area (Å²) in [4.78, 5) is 14.1. The number of rotatable bonds is 7. The fourth-order valence-corrected chi connectivity index (χ4v) is 3.86. The minimum Gasteiger partial charge on any atom is -0.338 e. The van der Waals surface area contributed by atoms with Crippen LogP contribution in [0.3, 0.4) is 0 Å². The van der Waals surface area contributed by atoms with Crippen molar-refractivity contribution in [3.8, 4) is 0 Å². The average molecular weight is 413 g/mol. The molecular formula is C18H21ClN2O3S2. The molecule has 1 atom stereocenters. The Kier molecular flexibility index (Phi) is 7.11. The molecule has 0 radical (unpaired) electrons. The quantitative estimate of drug-likeness (QED) is 0.755. The number of hydrogen-bond acceptors (Lipinski definition) is 4. The van der Waals surface area contributed by atoms with Crippen LogP contribution in [-0.4, -0.2) is 32.0 Å². The Morgan fingerprint density at radius 2 is 1.73 bits per heavy atom. The molecule has 0 aromatic heterocycles. The maximum atomic E-state index is 12.4. The van der Waals surface area contributed by atoms with Gasteiger partial charge in [0.25, 0.3) is 0 Å². The van der Waals surface area contributed by atoms with Crippen LogP contribution >= 0.6 is 23.4 Å². The van der Waals surface area contributed by atoms with Crippen molar-refractivity contribution < 1.29 is 13.2 Å². The van der Waals surface area contributed by atoms with Gasteiger partial charge in [0.05, 0.1) is 16.7 Å². The zero-order valence-electron chi connectivity index (χ0n) is 14.6. The van der Waals surface area contributed by atoms with E-state index in [9.17, 15) is 13.2 Å². The monoisotopic (exact) mass is 412 g/mol. The fraction of sp³-hybridized carbons (Fsp3) is 0.278. The molecule has 0 heterocycles. The summed E-state index contributed by atoms with van der Waals surface area (Å²) in [6, 6.07) is 13.6. The first-order chi connectivity index (χ1) is 12.2. The largest absolute Gasteiger partial charge is 0.338 e. The smallest absolute Gasteiger partial charge is 0.238 e. The second kappa shape index (κ2) is 8.90. The zero-order valence-corrected chi connectivity index (χ0v) is 16.9. The van der Waals surface area contributed by atoms with Crippen LogP contribution in [0.25, 0.3) is 0 Å². The molecule has 2 N–H and O–H groups in total. The number of carbonyl (C=O) groups is 1. The summed E-state index contributed by atoms with van der Waals surface area (Å²) in [6.45, 7) is 1.90. The molecule has 0 saturated carbocycles. The Bertz CT molecular complexity index is 853. The maximum absolute atomic E-state index is 12.4. The molecule has 26 heavy (non-hydrogen) atoms. The van der Waals surface area contributed by atoms with Crippen LogP contribution in [0.2, 0.25) is 5.02 Å². The third-order valence-electron chi connectivity index (χ3n) is 4.07. The number of primary sulfonamides is 1. The van der Waals surface area contributed by atoms with Gasteiger partial charge in [0, 0.05) is 17.8 Å². The van der Waals surface area contributed by atoms with Gasteiger partial charge in [0.2, 0.25) is 15.9 Å². The van der Waals surface area contributed by atoms with Crippen molar-refractivity contribution >= 4 is 39.3 Å². The van der Waals surface area contributed by atoms with Crippen molar-refractivity contribution in [1.29, 1.82) is 0 Å². The fourth-order valence-electron chi connectivity index (χ4n) is 2.31. The molecule has 5 nitrogen and oxygen atoms in total. The Morgan fingerprint density at radius 3 is 2.27 bits per heavy atom. The first-order valence-corrected chi connectivity index (χ1v) is 11.0. The summed E-state index contributed by atoms with van der Waals surface area (Å²) in [5, 5.41) is 5.79. The zero-order chi connectivity index (χ0) is 19.3. The number of nitrogens with two attached hydrogens (primary N) is 1. The number of halogens is 1. The topological polar surface area (TPSA) is 80.5 Å². The van der Waals surface area contributed by atoms with Crippen LogP contribution in [-0.2, 0) is 20.6 Å². The molecule has 2 rings (SSSR count). The minimum atomic E-state index is -3.72. The number of carbonyl (C=O) groups excluding carboxylic acids is 1. The Hall–Kier alpha value is -1.54. The van der Waals surface area contributed by atoms with Gasteiger partial charge < -0.3 is 4.90 Å². The van der Waals surface area contributed by atoms with E-state index < -0.39 is 10.0 Å². The van der Waals surface area contributed by atoms with Gasteiger partial charge >= 0.3 is 0 Å². The molecule has 0 unspecified atom stereocenters. The van der Waals surface area contributed by atoms with Crippen LogP contribution in [0.1, 0.15) is 24.1 Å². The highest BCUT2D eigenvalue weighted by atomic mass is 35.5. The van der Waals surface area contributed by atoms with Crippen LogP contribution in [0.5, 0.6) is 0 Å². The number of sulfonamides is 1. The molecule has 0 fully saturated rings. The third-order valence-corrected chi connectivity index (χ3v) is 6.24. The van der Waals surface area contributed by atoms with Crippen molar-refractivity contribution in [3.05, 3.63) is 64.7 Å². The predicted octanol–water partition coefficient (Wildman–Crippen LogP) is 3.44. The van der Waals surface area contributed by atoms with Gasteiger partial charge in [-0.05, 0) is 42.3 Å². The lowest BCUT2D eigenvalue weighted by molar-refractivity contribution is -0.128. The first kappa shape index (κ1) is 20.8. The van der Waals surface area contributed by atoms with Crippen LogP contribution in [0, 0.1) is 0 Å². The number of nitrogens with zero attached hydrogens (tertiary/aromatic N) is 1. The van der Waals surface area contributed by atoms with E-state index in [4.69, 9.17) is 16.7 Å². The van der Waals surface area contributed by atoms with E-state index in [-0.39, 0.29) is 16.8 Å². The molecule has 0 saturated heterocycles. The lowest BCUT2D eigenvalue weighted by Crippen LogP contribution is -2.31. The summed E-state index contributed by atoms with van der Waals surface area (Å²) in [7, 11) is -1.98. The number of amides is 1. The van der Waals surface area contributed by atoms with Gasteiger partial charge in [0.1, 0.15) is 0 Å². The van der Waals surface area contributed by atoms with Gasteiger partial charge in [-0.1, -0.05) is 35.9 Å². The number of hydrogen-bond donors (Lipinski definition) is 1. The predicted molar refractivity (Wildman–Crippen MR) is 107 cm³/mol. The molecule has 2 aromatic carbocycles. The van der Waals surface area contributed by atoms with Crippen molar-refractivity contribution in [2.24, 2.45) is 5.14 Å². The van der Waals surface area contributed by atoms with Crippen LogP contribution in [0.4, 0.5) is 0 Å². The molecule has 0 spiro atoms. The van der Waals surface area contributed by atoms with E-state index in [0.29, 0.717) is 10.8 Å². The highest BCUT2D eigenvalue weighted by molar-refractivity contribution is 7.99. The Morgan fingerprint density at radius 1 is 1.15 bits per heavy atom. The van der Waals surface area contributed by atoms with Gasteiger partial charge in [-0.2, -0.15) is 0 Å². The summed E-state index contributed by atoms with van der Waals surface area (Å²) in [5.74, 6) is 1.10. The third kappa shape index (κ3) is 5.74. The van der Waals surface area contributed by atoms with Crippen molar-refractivity contribution in [2.45, 2.75) is 23.6 Å². The molecule has 140 valence electrons. The summed E-state index contributed by atoms with van der Waals surface area (Å²) >= 11 is 7.39. The van der Waals surface area contributed by atoms with Crippen molar-refractivity contribution in [3.63, 3.8) is 0 Å². The van der Waals surface area contributed by atoms with E-state index in [2.05, 4.69) is 0 Å². The molecule has 1 amide bonds. The molecule has 0 aliphatic heterocycles. The second-order valence-electron chi connectivity index (χ2n) is 5.91. The van der Waals surface area contributed by atoms with E-state index in [1.807, 2.05) is 31.2 Å². The highest BCUT2D eigenvalue weighted by Crippen LogP contribution is 2.22. The van der Waals surface area contributed by atoms with E-state index in [0.717, 1.165) is 16.9 Å². The maximum Gasteiger partial charge on any atom is 0.238 e. The molecule has 0 bridgehead atoms. The Balaban J connectivity index is 1.91. The van der Waals surface area contributed by atoms with Gasteiger partial charge in [0.15, 0.2) is 0 Å². The number of benzene rings is 2. The first-order valence-electron chi connectivity index (χ1n) is 7.89. The standard InChI is InChI=1S/C18H21ClN2O3S2/c1-13(15-5-9-17(10-6-15)26(20,23)24)21(2)18(22)12-25-11-14-3-7-16(19)8-4-14/h3-10,13H,11-12H2,1-2H3,(H2,20,23,24)/t13-/m1/s1. The molecule has 0 aliphatic rings. The SMILES string of the molecule is C[C@H](c1ccc(S(N)(=O)=O)cc1)N(C)C(=O)CSCc1ccc(Cl)cc1. The van der Waals surface area contributed by atoms with Gasteiger partial charge in [-0.15, -0.1) is 11.8 Å². The lowest BCUT2D eigenvalue weighted by Gasteiger charge is -2.25. The van der Waals surface area contributed by atoms with Crippen molar-refractivity contribution in [1.82, 2.24) is 4.90 Å². The number of thioether (sulfide) groups is 1. The average Bonchev–Trinajstić information content (AvgIpc) is 2.61. The van der Waals surface area contributed by atoms with E-state index in [1.54, 1.807) is 24.1 Å². The summed E-state index contributed by atoms with van der Waals surface area (Å²) in [5.41, 5.74) is 1.96. The van der Waals surface area contributed by atoms with Crippen molar-refractivity contribution in [2.75, 3.05) is 12.8 Å². The summed E-state index contributed by atoms with van der Waals surface area (Å²) < 4.78 is 22.6. The van der Waals surface area contributed by atoms with Crippen LogP contribution in [0.15, 0.2) is 53.4 Å². The molecule has 8 heteroatoms. The summed E-state index contributed by atoms with van der Waals surface area (Å²) in [6.07, 6.45) is 0. The van der Waals surface area contributed by atoms with Gasteiger partial charge in [-0.3, -0.25) is 4.79 Å². The highest BCUT2D eigenvalue weighted by Gasteiger charge is 2.18. The molecule has 2 aromatic rings. The Labute approximate surface area is 163 Å². The molecular weight excluding hydrogens is 392 g/mol. The normalized spacial score (nSPS) is 12.6. The molecule has 0 aliphatic carbocycles. The lowest BCUT2D eigenvalue weighted by atomic mass is 10.1. The van der Waals surface area contributed by atoms with E-state index in [1.165, 1.54) is 23.9 Å².